The van der Waals surface area contributed by atoms with Crippen molar-refractivity contribution >= 4 is 0 Å². The topological polar surface area (TPSA) is 179 Å². The lowest BCUT2D eigenvalue weighted by Gasteiger charge is -2.45. The predicted molar refractivity (Wildman–Crippen MR) is 97.6 cm³/mol. The largest absolute Gasteiger partial charge is 0.394 e. The van der Waals surface area contributed by atoms with Gasteiger partial charge >= 0.3 is 0 Å². The zero-order valence-corrected chi connectivity index (χ0v) is 16.0. The van der Waals surface area contributed by atoms with Crippen LogP contribution in [0, 0.1) is 0 Å². The third-order valence-electron chi connectivity index (χ3n) is 5.22. The van der Waals surface area contributed by atoms with Gasteiger partial charge in [-0.2, -0.15) is 0 Å². The van der Waals surface area contributed by atoms with Gasteiger partial charge in [0.1, 0.15) is 48.8 Å². The van der Waals surface area contributed by atoms with Crippen molar-refractivity contribution in [3.8, 4) is 0 Å². The first-order chi connectivity index (χ1) is 14.4. The van der Waals surface area contributed by atoms with E-state index in [0.29, 0.717) is 0 Å². The molecular weight excluding hydrogens is 404 g/mol. The summed E-state index contributed by atoms with van der Waals surface area (Å²) in [5, 5.41) is 69.7. The molecule has 0 amide bonds. The van der Waals surface area contributed by atoms with Gasteiger partial charge < -0.3 is 54.7 Å². The Balaban J connectivity index is 1.66. The Morgan fingerprint density at radius 3 is 1.93 bits per heavy atom. The number of rotatable bonds is 7. The van der Waals surface area contributed by atoms with Gasteiger partial charge in [-0.05, 0) is 5.56 Å². The summed E-state index contributed by atoms with van der Waals surface area (Å²) in [6.45, 7) is -1.18. The lowest BCUT2D eigenvalue weighted by atomic mass is 9.97. The van der Waals surface area contributed by atoms with Gasteiger partial charge in [-0.3, -0.25) is 0 Å². The summed E-state index contributed by atoms with van der Waals surface area (Å²) in [6, 6.07) is 9.07. The second kappa shape index (κ2) is 10.4. The van der Waals surface area contributed by atoms with E-state index in [0.717, 1.165) is 5.56 Å². The first kappa shape index (κ1) is 23.4. The van der Waals surface area contributed by atoms with E-state index in [4.69, 9.17) is 18.9 Å². The number of hydrogen-bond acceptors (Lipinski definition) is 11. The molecular formula is C19H28O11. The number of aliphatic hydroxyl groups excluding tert-OH is 7. The molecule has 3 rings (SSSR count). The molecule has 30 heavy (non-hydrogen) atoms. The average Bonchev–Trinajstić information content (AvgIpc) is 2.77. The van der Waals surface area contributed by atoms with Crippen LogP contribution in [0.25, 0.3) is 0 Å². The van der Waals surface area contributed by atoms with Crippen LogP contribution in [0.1, 0.15) is 5.56 Å². The molecule has 11 nitrogen and oxygen atoms in total. The Morgan fingerprint density at radius 1 is 0.700 bits per heavy atom. The van der Waals surface area contributed by atoms with Crippen molar-refractivity contribution in [2.24, 2.45) is 0 Å². The summed E-state index contributed by atoms with van der Waals surface area (Å²) in [5.74, 6) is 0. The minimum absolute atomic E-state index is 0.0890. The quantitative estimate of drug-likeness (QED) is 0.231. The number of ether oxygens (including phenoxy) is 4. The Labute approximate surface area is 172 Å². The van der Waals surface area contributed by atoms with Crippen molar-refractivity contribution in [1.29, 1.82) is 0 Å². The molecule has 2 aliphatic rings. The molecule has 2 aliphatic heterocycles. The predicted octanol–water partition coefficient (Wildman–Crippen LogP) is -3.17. The molecule has 7 N–H and O–H groups in total. The van der Waals surface area contributed by atoms with Crippen molar-refractivity contribution in [3.05, 3.63) is 35.9 Å². The fraction of sp³-hybridized carbons (Fsp3) is 0.684. The van der Waals surface area contributed by atoms with E-state index in [1.54, 1.807) is 12.1 Å². The molecule has 2 saturated heterocycles. The van der Waals surface area contributed by atoms with Gasteiger partial charge in [-0.25, -0.2) is 0 Å². The third kappa shape index (κ3) is 4.98. The summed E-state index contributed by atoms with van der Waals surface area (Å²) in [5.41, 5.74) is 0.808. The van der Waals surface area contributed by atoms with Crippen LogP contribution in [0.4, 0.5) is 0 Å². The summed E-state index contributed by atoms with van der Waals surface area (Å²) < 4.78 is 21.8. The van der Waals surface area contributed by atoms with Crippen LogP contribution in [0.5, 0.6) is 0 Å². The Bertz CT molecular complexity index is 643. The van der Waals surface area contributed by atoms with Crippen LogP contribution >= 0.6 is 0 Å². The van der Waals surface area contributed by atoms with E-state index >= 15 is 0 Å². The van der Waals surface area contributed by atoms with E-state index in [1.807, 2.05) is 18.2 Å². The highest BCUT2D eigenvalue weighted by molar-refractivity contribution is 5.13. The normalized spacial score (nSPS) is 42.2. The molecule has 0 radical (unpaired) electrons. The lowest BCUT2D eigenvalue weighted by molar-refractivity contribution is -0.360. The number of benzene rings is 1. The minimum atomic E-state index is -1.71. The van der Waals surface area contributed by atoms with Crippen molar-refractivity contribution in [2.75, 3.05) is 13.2 Å². The minimum Gasteiger partial charge on any atom is -0.394 e. The summed E-state index contributed by atoms with van der Waals surface area (Å²) in [4.78, 5) is 0. The van der Waals surface area contributed by atoms with Gasteiger partial charge in [0, 0.05) is 0 Å². The standard InChI is InChI=1S/C19H28O11/c20-6-10-12(22)13(23)15(25)19(28-10)30-17-11(7-21)29-18(16(26)14(17)24)27-8-9-4-2-1-3-5-9/h1-5,10-26H,6-8H2/t10-,11-,12-,13+,14-,15-,16-,17-,18-,19+/m1/s1. The maximum Gasteiger partial charge on any atom is 0.187 e. The van der Waals surface area contributed by atoms with E-state index in [9.17, 15) is 35.7 Å². The Kier molecular flexibility index (Phi) is 8.12. The molecule has 2 heterocycles. The summed E-state index contributed by atoms with van der Waals surface area (Å²) in [7, 11) is 0. The van der Waals surface area contributed by atoms with Crippen LogP contribution in [0.3, 0.4) is 0 Å². The molecule has 0 aliphatic carbocycles. The summed E-state index contributed by atoms with van der Waals surface area (Å²) in [6.07, 6.45) is -14.7. The van der Waals surface area contributed by atoms with E-state index in [2.05, 4.69) is 0 Å². The number of aliphatic hydroxyl groups is 7. The van der Waals surface area contributed by atoms with Gasteiger partial charge in [-0.15, -0.1) is 0 Å². The maximum atomic E-state index is 10.5. The second-order valence-electron chi connectivity index (χ2n) is 7.30. The highest BCUT2D eigenvalue weighted by atomic mass is 16.7. The third-order valence-corrected chi connectivity index (χ3v) is 5.22. The zero-order valence-electron chi connectivity index (χ0n) is 16.0. The van der Waals surface area contributed by atoms with Gasteiger partial charge in [-0.1, -0.05) is 30.3 Å². The van der Waals surface area contributed by atoms with Crippen molar-refractivity contribution in [1.82, 2.24) is 0 Å². The number of hydrogen-bond donors (Lipinski definition) is 7. The molecule has 0 bridgehead atoms. The van der Waals surface area contributed by atoms with Crippen molar-refractivity contribution in [3.63, 3.8) is 0 Å². The molecule has 11 heteroatoms. The van der Waals surface area contributed by atoms with Crippen molar-refractivity contribution in [2.45, 2.75) is 68.0 Å². The van der Waals surface area contributed by atoms with Crippen LogP contribution in [-0.4, -0.2) is 110 Å². The van der Waals surface area contributed by atoms with Crippen LogP contribution in [0.2, 0.25) is 0 Å². The fourth-order valence-electron chi connectivity index (χ4n) is 3.45. The molecule has 0 spiro atoms. The molecule has 10 atom stereocenters. The smallest absolute Gasteiger partial charge is 0.187 e. The Hall–Kier alpha value is -1.22. The van der Waals surface area contributed by atoms with E-state index in [-0.39, 0.29) is 6.61 Å². The molecule has 2 fully saturated rings. The first-order valence-corrected chi connectivity index (χ1v) is 9.61. The highest BCUT2D eigenvalue weighted by Gasteiger charge is 2.50. The van der Waals surface area contributed by atoms with E-state index < -0.39 is 74.6 Å². The van der Waals surface area contributed by atoms with Crippen LogP contribution in [0.15, 0.2) is 30.3 Å². The van der Waals surface area contributed by atoms with Gasteiger partial charge in [0.2, 0.25) is 0 Å². The molecule has 0 unspecified atom stereocenters. The second-order valence-corrected chi connectivity index (χ2v) is 7.30. The van der Waals surface area contributed by atoms with Gasteiger partial charge in [0.05, 0.1) is 19.8 Å². The van der Waals surface area contributed by atoms with Crippen molar-refractivity contribution < 1.29 is 54.7 Å². The molecule has 0 aromatic heterocycles. The first-order valence-electron chi connectivity index (χ1n) is 9.61. The molecule has 0 saturated carbocycles. The molecule has 1 aromatic rings. The monoisotopic (exact) mass is 432 g/mol. The zero-order chi connectivity index (χ0) is 21.8. The molecule has 170 valence electrons. The maximum absolute atomic E-state index is 10.5. The Morgan fingerprint density at radius 2 is 1.30 bits per heavy atom. The van der Waals surface area contributed by atoms with Gasteiger partial charge in [0.25, 0.3) is 0 Å². The lowest BCUT2D eigenvalue weighted by Crippen LogP contribution is -2.64. The molecule has 1 aromatic carbocycles. The van der Waals surface area contributed by atoms with Gasteiger partial charge in [0.15, 0.2) is 12.6 Å². The van der Waals surface area contributed by atoms with Crippen LogP contribution in [-0.2, 0) is 25.6 Å². The SMILES string of the molecule is OC[C@H]1O[C@@H](O[C@H]2[C@H](O)[C@@H](O)[C@H](OCc3ccccc3)O[C@@H]2CO)[C@H](O)[C@@H](O)[C@@H]1O. The summed E-state index contributed by atoms with van der Waals surface area (Å²) >= 11 is 0. The average molecular weight is 432 g/mol. The fourth-order valence-corrected chi connectivity index (χ4v) is 3.45. The highest BCUT2D eigenvalue weighted by Crippen LogP contribution is 2.29. The van der Waals surface area contributed by atoms with E-state index in [1.165, 1.54) is 0 Å². The van der Waals surface area contributed by atoms with Crippen LogP contribution < -0.4 is 0 Å².